The van der Waals surface area contributed by atoms with Crippen molar-refractivity contribution in [1.82, 2.24) is 14.4 Å². The Morgan fingerprint density at radius 1 is 1.06 bits per heavy atom. The van der Waals surface area contributed by atoms with Crippen molar-refractivity contribution in [2.75, 3.05) is 18.0 Å². The van der Waals surface area contributed by atoms with Crippen molar-refractivity contribution in [2.24, 2.45) is 5.73 Å². The van der Waals surface area contributed by atoms with Gasteiger partial charge in [0.25, 0.3) is 0 Å². The second-order valence-corrected chi connectivity index (χ2v) is 8.16. The number of aryl methyl sites for hydroxylation is 1. The first-order chi connectivity index (χ1) is 15.1. The third-order valence-electron chi connectivity index (χ3n) is 5.89. The fourth-order valence-corrected chi connectivity index (χ4v) is 4.28. The first-order valence-electron chi connectivity index (χ1n) is 10.6. The van der Waals surface area contributed by atoms with Crippen LogP contribution >= 0.6 is 12.4 Å². The van der Waals surface area contributed by atoms with E-state index < -0.39 is 0 Å². The Hall–Kier alpha value is -3.40. The van der Waals surface area contributed by atoms with Crippen LogP contribution in [0.2, 0.25) is 0 Å². The van der Waals surface area contributed by atoms with Gasteiger partial charge < -0.3 is 10.6 Å². The number of rotatable bonds is 3. The van der Waals surface area contributed by atoms with Crippen LogP contribution in [0.5, 0.6) is 0 Å². The van der Waals surface area contributed by atoms with E-state index in [9.17, 15) is 5.26 Å². The minimum Gasteiger partial charge on any atom is -0.352 e. The molecule has 0 bridgehead atoms. The minimum absolute atomic E-state index is 0. The molecule has 5 rings (SSSR count). The molecule has 4 aromatic rings. The fraction of sp³-hybridized carbons (Fsp3) is 0.240. The zero-order valence-electron chi connectivity index (χ0n) is 17.9. The zero-order chi connectivity index (χ0) is 21.4. The highest BCUT2D eigenvalue weighted by Gasteiger charge is 2.24. The third kappa shape index (κ3) is 3.93. The fourth-order valence-electron chi connectivity index (χ4n) is 4.28. The number of imidazole rings is 1. The van der Waals surface area contributed by atoms with Gasteiger partial charge in [-0.3, -0.25) is 4.40 Å². The van der Waals surface area contributed by atoms with Crippen LogP contribution in [-0.4, -0.2) is 33.5 Å². The van der Waals surface area contributed by atoms with Crippen molar-refractivity contribution in [3.8, 4) is 28.6 Å². The molecule has 1 saturated heterocycles. The maximum absolute atomic E-state index is 9.18. The number of piperidine rings is 1. The summed E-state index contributed by atoms with van der Waals surface area (Å²) in [5.74, 6) is 0.867. The Labute approximate surface area is 193 Å². The summed E-state index contributed by atoms with van der Waals surface area (Å²) in [6, 6.07) is 18.4. The molecule has 0 radical (unpaired) electrons. The van der Waals surface area contributed by atoms with E-state index in [1.54, 1.807) is 0 Å². The lowest BCUT2D eigenvalue weighted by molar-refractivity contribution is 0.503. The van der Waals surface area contributed by atoms with E-state index >= 15 is 0 Å². The summed E-state index contributed by atoms with van der Waals surface area (Å²) >= 11 is 0. The predicted octanol–water partition coefficient (Wildman–Crippen LogP) is 4.59. The van der Waals surface area contributed by atoms with Gasteiger partial charge in [-0.2, -0.15) is 5.26 Å². The summed E-state index contributed by atoms with van der Waals surface area (Å²) in [6.45, 7) is 3.80. The summed E-state index contributed by atoms with van der Waals surface area (Å²) < 4.78 is 2.13. The molecule has 32 heavy (non-hydrogen) atoms. The van der Waals surface area contributed by atoms with Crippen molar-refractivity contribution in [3.63, 3.8) is 0 Å². The Balaban J connectivity index is 0.00000245. The molecule has 1 fully saturated rings. The first kappa shape index (κ1) is 21.8. The van der Waals surface area contributed by atoms with Gasteiger partial charge in [0.15, 0.2) is 11.5 Å². The van der Waals surface area contributed by atoms with Crippen molar-refractivity contribution < 1.29 is 0 Å². The molecule has 2 aromatic carbocycles. The van der Waals surface area contributed by atoms with Crippen LogP contribution in [-0.2, 0) is 0 Å². The molecule has 1 atom stereocenters. The van der Waals surface area contributed by atoms with Gasteiger partial charge in [0.1, 0.15) is 0 Å². The highest BCUT2D eigenvalue weighted by atomic mass is 35.5. The lowest BCUT2D eigenvalue weighted by atomic mass is 10.0. The smallest absolute Gasteiger partial charge is 0.181 e. The summed E-state index contributed by atoms with van der Waals surface area (Å²) in [7, 11) is 0. The van der Waals surface area contributed by atoms with Gasteiger partial charge in [0.2, 0.25) is 0 Å². The molecule has 0 unspecified atom stereocenters. The van der Waals surface area contributed by atoms with Crippen LogP contribution < -0.4 is 10.6 Å². The van der Waals surface area contributed by atoms with Gasteiger partial charge in [-0.15, -0.1) is 12.4 Å². The van der Waals surface area contributed by atoms with E-state index in [1.807, 2.05) is 36.7 Å². The van der Waals surface area contributed by atoms with Gasteiger partial charge in [-0.05, 0) is 31.9 Å². The van der Waals surface area contributed by atoms with E-state index in [2.05, 4.69) is 46.6 Å². The normalized spacial score (nSPS) is 15.9. The predicted molar refractivity (Wildman–Crippen MR) is 130 cm³/mol. The Morgan fingerprint density at radius 2 is 1.78 bits per heavy atom. The second kappa shape index (κ2) is 8.99. The molecule has 0 saturated carbocycles. The first-order valence-corrected chi connectivity index (χ1v) is 10.6. The number of nitrogens with zero attached hydrogens (tertiary/aromatic N) is 5. The number of hydrogen-bond acceptors (Lipinski definition) is 5. The SMILES string of the molecule is Cc1ccc(-c2c(-c3ccc(C#N)cc3)nc3c(N4CCC[C@@H](N)C4)nccn23)cc1.Cl. The number of hydrogen-bond donors (Lipinski definition) is 1. The number of anilines is 1. The quantitative estimate of drug-likeness (QED) is 0.499. The molecule has 3 heterocycles. The zero-order valence-corrected chi connectivity index (χ0v) is 18.7. The van der Waals surface area contributed by atoms with Crippen molar-refractivity contribution in [3.05, 3.63) is 72.1 Å². The van der Waals surface area contributed by atoms with Crippen LogP contribution in [0, 0.1) is 18.3 Å². The third-order valence-corrected chi connectivity index (χ3v) is 5.89. The number of fused-ring (bicyclic) bond motifs is 1. The molecule has 2 N–H and O–H groups in total. The number of aromatic nitrogens is 3. The number of nitriles is 1. The van der Waals surface area contributed by atoms with Crippen molar-refractivity contribution >= 4 is 23.9 Å². The standard InChI is InChI=1S/C25H24N6.ClH/c1-17-4-8-20(9-5-17)23-22(19-10-6-18(15-26)7-11-19)29-25-24(28-12-14-31(23)25)30-13-2-3-21(27)16-30;/h4-12,14,21H,2-3,13,16,27H2,1H3;1H/t21-;/m1./s1. The average molecular weight is 445 g/mol. The summed E-state index contributed by atoms with van der Waals surface area (Å²) in [5.41, 5.74) is 12.9. The van der Waals surface area contributed by atoms with Crippen LogP contribution in [0.4, 0.5) is 5.82 Å². The lowest BCUT2D eigenvalue weighted by Crippen LogP contribution is -2.43. The van der Waals surface area contributed by atoms with Crippen molar-refractivity contribution in [2.45, 2.75) is 25.8 Å². The second-order valence-electron chi connectivity index (χ2n) is 8.16. The molecule has 7 heteroatoms. The molecule has 162 valence electrons. The molecule has 1 aliphatic heterocycles. The number of nitrogens with two attached hydrogens (primary N) is 1. The molecule has 1 aliphatic rings. The van der Waals surface area contributed by atoms with E-state index in [0.717, 1.165) is 59.9 Å². The van der Waals surface area contributed by atoms with Crippen LogP contribution in [0.15, 0.2) is 60.9 Å². The van der Waals surface area contributed by atoms with Gasteiger partial charge >= 0.3 is 0 Å². The minimum atomic E-state index is 0. The van der Waals surface area contributed by atoms with E-state index in [4.69, 9.17) is 15.7 Å². The number of halogens is 1. The maximum atomic E-state index is 9.18. The van der Waals surface area contributed by atoms with Gasteiger partial charge in [0.05, 0.1) is 23.0 Å². The van der Waals surface area contributed by atoms with E-state index in [0.29, 0.717) is 5.56 Å². The summed E-state index contributed by atoms with van der Waals surface area (Å²) in [4.78, 5) is 12.0. The largest absolute Gasteiger partial charge is 0.352 e. The van der Waals surface area contributed by atoms with Crippen molar-refractivity contribution in [1.29, 1.82) is 5.26 Å². The Morgan fingerprint density at radius 3 is 2.47 bits per heavy atom. The molecule has 0 aliphatic carbocycles. The lowest BCUT2D eigenvalue weighted by Gasteiger charge is -2.31. The molecule has 6 nitrogen and oxygen atoms in total. The highest BCUT2D eigenvalue weighted by molar-refractivity contribution is 5.85. The van der Waals surface area contributed by atoms with Gasteiger partial charge in [-0.1, -0.05) is 42.0 Å². The Bertz CT molecular complexity index is 1270. The highest BCUT2D eigenvalue weighted by Crippen LogP contribution is 2.35. The van der Waals surface area contributed by atoms with Gasteiger partial charge in [-0.25, -0.2) is 9.97 Å². The van der Waals surface area contributed by atoms with E-state index in [1.165, 1.54) is 5.56 Å². The van der Waals surface area contributed by atoms with E-state index in [-0.39, 0.29) is 18.4 Å². The molecule has 0 spiro atoms. The van der Waals surface area contributed by atoms with Crippen LogP contribution in [0.25, 0.3) is 28.2 Å². The average Bonchev–Trinajstić information content (AvgIpc) is 3.19. The molecule has 2 aromatic heterocycles. The molecular formula is C25H25ClN6. The van der Waals surface area contributed by atoms with Crippen LogP contribution in [0.1, 0.15) is 24.0 Å². The maximum Gasteiger partial charge on any atom is 0.181 e. The van der Waals surface area contributed by atoms with Crippen LogP contribution in [0.3, 0.4) is 0 Å². The monoisotopic (exact) mass is 444 g/mol. The summed E-state index contributed by atoms with van der Waals surface area (Å²) in [5, 5.41) is 9.18. The molecular weight excluding hydrogens is 420 g/mol. The summed E-state index contributed by atoms with van der Waals surface area (Å²) in [6.07, 6.45) is 5.90. The Kier molecular flexibility index (Phi) is 6.13. The number of benzene rings is 2. The molecule has 0 amide bonds. The van der Waals surface area contributed by atoms with Gasteiger partial charge in [0, 0.05) is 42.7 Å². The topological polar surface area (TPSA) is 83.2 Å².